The summed E-state index contributed by atoms with van der Waals surface area (Å²) in [5, 5.41) is 15.7. The van der Waals surface area contributed by atoms with Crippen molar-refractivity contribution in [3.63, 3.8) is 0 Å². The molecule has 0 saturated heterocycles. The predicted octanol–water partition coefficient (Wildman–Crippen LogP) is 3.74. The highest BCUT2D eigenvalue weighted by Crippen LogP contribution is 2.44. The molecule has 3 heterocycles. The second kappa shape index (κ2) is 6.76. The van der Waals surface area contributed by atoms with Gasteiger partial charge in [-0.15, -0.1) is 0 Å². The zero-order valence-electron chi connectivity index (χ0n) is 17.1. The summed E-state index contributed by atoms with van der Waals surface area (Å²) in [5.74, 6) is -0.504. The van der Waals surface area contributed by atoms with E-state index in [2.05, 4.69) is 25.9 Å². The van der Waals surface area contributed by atoms with Gasteiger partial charge in [0.1, 0.15) is 16.8 Å². The highest BCUT2D eigenvalue weighted by molar-refractivity contribution is 5.96. The maximum atomic E-state index is 12.8. The zero-order chi connectivity index (χ0) is 20.9. The van der Waals surface area contributed by atoms with E-state index in [4.69, 9.17) is 4.74 Å². The number of nitrogens with zero attached hydrogens (tertiary/aromatic N) is 3. The maximum Gasteiger partial charge on any atom is 0.343 e. The predicted molar refractivity (Wildman–Crippen MR) is 110 cm³/mol. The molecule has 1 aromatic carbocycles. The minimum absolute atomic E-state index is 0.0276. The molecule has 0 aliphatic carbocycles. The Morgan fingerprint density at radius 1 is 1.34 bits per heavy atom. The van der Waals surface area contributed by atoms with Gasteiger partial charge in [0.25, 0.3) is 0 Å². The second-order valence-corrected chi connectivity index (χ2v) is 8.13. The third kappa shape index (κ3) is 2.92. The van der Waals surface area contributed by atoms with Gasteiger partial charge >= 0.3 is 5.97 Å². The van der Waals surface area contributed by atoms with E-state index >= 15 is 0 Å². The van der Waals surface area contributed by atoms with Gasteiger partial charge in [-0.2, -0.15) is 5.10 Å². The van der Waals surface area contributed by atoms with Gasteiger partial charge in [-0.25, -0.2) is 4.79 Å². The van der Waals surface area contributed by atoms with E-state index in [-0.39, 0.29) is 34.8 Å². The number of ether oxygens (including phenoxy) is 1. The van der Waals surface area contributed by atoms with Crippen LogP contribution in [0.4, 0.5) is 0 Å². The number of pyridine rings is 1. The Bertz CT molecular complexity index is 1170. The molecule has 1 aliphatic heterocycles. The number of fused-ring (bicyclic) bond motifs is 5. The van der Waals surface area contributed by atoms with Crippen molar-refractivity contribution in [1.82, 2.24) is 14.3 Å². The lowest BCUT2D eigenvalue weighted by Gasteiger charge is -2.40. The van der Waals surface area contributed by atoms with Gasteiger partial charge in [0.05, 0.1) is 30.6 Å². The quantitative estimate of drug-likeness (QED) is 0.680. The molecule has 0 fully saturated rings. The van der Waals surface area contributed by atoms with E-state index in [1.54, 1.807) is 25.3 Å². The number of rotatable bonds is 4. The average molecular weight is 395 g/mol. The number of hydrogen-bond acceptors (Lipinski definition) is 5. The van der Waals surface area contributed by atoms with Crippen molar-refractivity contribution in [3.05, 3.63) is 46.2 Å². The standard InChI is InChI=1S/C22H25N3O4/c1-5-22(3,4)18-12-25-20(13-8-7-9-16(26)19(13)23-25)15-10-17(27)14(11-24(15)18)21(28)29-6-2/h7-11,18,26H,5-6,12H2,1-4H3. The van der Waals surface area contributed by atoms with Crippen LogP contribution < -0.4 is 5.43 Å². The zero-order valence-corrected chi connectivity index (χ0v) is 17.1. The third-order valence-electron chi connectivity index (χ3n) is 6.06. The normalized spacial score (nSPS) is 15.8. The van der Waals surface area contributed by atoms with Crippen LogP contribution in [0.2, 0.25) is 0 Å². The summed E-state index contributed by atoms with van der Waals surface area (Å²) in [6, 6.07) is 6.71. The Balaban J connectivity index is 2.03. The Morgan fingerprint density at radius 3 is 2.79 bits per heavy atom. The fraction of sp³-hybridized carbons (Fsp3) is 0.409. The van der Waals surface area contributed by atoms with Crippen LogP contribution in [0.15, 0.2) is 35.3 Å². The Kier molecular flexibility index (Phi) is 4.48. The first-order chi connectivity index (χ1) is 13.8. The lowest BCUT2D eigenvalue weighted by atomic mass is 9.80. The van der Waals surface area contributed by atoms with Crippen molar-refractivity contribution in [2.24, 2.45) is 5.41 Å². The van der Waals surface area contributed by atoms with Crippen molar-refractivity contribution in [1.29, 1.82) is 0 Å². The number of aromatic nitrogens is 3. The van der Waals surface area contributed by atoms with Crippen LogP contribution in [0.25, 0.3) is 22.3 Å². The number of esters is 1. The van der Waals surface area contributed by atoms with Crippen LogP contribution >= 0.6 is 0 Å². The van der Waals surface area contributed by atoms with Crippen LogP contribution in [-0.2, 0) is 11.3 Å². The number of phenolic OH excluding ortho intramolecular Hbond substituents is 1. The van der Waals surface area contributed by atoms with E-state index in [0.717, 1.165) is 17.5 Å². The molecular weight excluding hydrogens is 370 g/mol. The molecule has 152 valence electrons. The summed E-state index contributed by atoms with van der Waals surface area (Å²) in [4.78, 5) is 25.1. The summed E-state index contributed by atoms with van der Waals surface area (Å²) < 4.78 is 8.96. The van der Waals surface area contributed by atoms with E-state index in [0.29, 0.717) is 17.8 Å². The van der Waals surface area contributed by atoms with Crippen LogP contribution in [-0.4, -0.2) is 32.0 Å². The van der Waals surface area contributed by atoms with Crippen LogP contribution in [0.1, 0.15) is 50.5 Å². The van der Waals surface area contributed by atoms with Gasteiger partial charge < -0.3 is 14.4 Å². The third-order valence-corrected chi connectivity index (χ3v) is 6.06. The summed E-state index contributed by atoms with van der Waals surface area (Å²) in [6.07, 6.45) is 2.53. The fourth-order valence-electron chi connectivity index (χ4n) is 4.01. The second-order valence-electron chi connectivity index (χ2n) is 8.13. The molecule has 0 saturated carbocycles. The number of benzene rings is 1. The van der Waals surface area contributed by atoms with Crippen LogP contribution in [0.3, 0.4) is 0 Å². The molecule has 0 bridgehead atoms. The molecule has 1 N–H and O–H groups in total. The minimum atomic E-state index is -0.609. The Morgan fingerprint density at radius 2 is 2.10 bits per heavy atom. The van der Waals surface area contributed by atoms with Crippen molar-refractivity contribution < 1.29 is 14.6 Å². The molecule has 4 rings (SSSR count). The molecule has 1 aliphatic rings. The monoisotopic (exact) mass is 395 g/mol. The smallest absolute Gasteiger partial charge is 0.343 e. The van der Waals surface area contributed by atoms with E-state index < -0.39 is 5.97 Å². The van der Waals surface area contributed by atoms with E-state index in [1.807, 2.05) is 15.3 Å². The minimum Gasteiger partial charge on any atom is -0.506 e. The van der Waals surface area contributed by atoms with Gasteiger partial charge in [0.2, 0.25) is 0 Å². The lowest BCUT2D eigenvalue weighted by molar-refractivity contribution is 0.0522. The highest BCUT2D eigenvalue weighted by Gasteiger charge is 2.37. The molecule has 0 amide bonds. The summed E-state index contributed by atoms with van der Waals surface area (Å²) in [6.45, 7) is 8.94. The van der Waals surface area contributed by atoms with Crippen molar-refractivity contribution in [2.75, 3.05) is 6.61 Å². The molecule has 1 unspecified atom stereocenters. The Hall–Kier alpha value is -3.09. The van der Waals surface area contributed by atoms with Crippen LogP contribution in [0.5, 0.6) is 5.75 Å². The molecular formula is C22H25N3O4. The Labute approximate surface area is 168 Å². The molecule has 7 nitrogen and oxygen atoms in total. The molecule has 29 heavy (non-hydrogen) atoms. The van der Waals surface area contributed by atoms with Gasteiger partial charge in [-0.05, 0) is 24.8 Å². The number of hydrogen-bond donors (Lipinski definition) is 1. The first kappa shape index (κ1) is 19.2. The molecule has 7 heteroatoms. The van der Waals surface area contributed by atoms with Crippen molar-refractivity contribution in [2.45, 2.75) is 46.7 Å². The fourth-order valence-corrected chi connectivity index (χ4v) is 4.01. The summed E-state index contributed by atoms with van der Waals surface area (Å²) in [7, 11) is 0. The maximum absolute atomic E-state index is 12.8. The van der Waals surface area contributed by atoms with Gasteiger partial charge in [0.15, 0.2) is 5.43 Å². The first-order valence-electron chi connectivity index (χ1n) is 9.90. The lowest BCUT2D eigenvalue weighted by Crippen LogP contribution is -2.36. The van der Waals surface area contributed by atoms with Gasteiger partial charge in [0, 0.05) is 17.6 Å². The van der Waals surface area contributed by atoms with Gasteiger partial charge in [-0.3, -0.25) is 9.48 Å². The van der Waals surface area contributed by atoms with E-state index in [9.17, 15) is 14.7 Å². The molecule has 1 atom stereocenters. The van der Waals surface area contributed by atoms with Crippen molar-refractivity contribution >= 4 is 16.9 Å². The number of carbonyl (C=O) groups is 1. The number of aromatic hydroxyl groups is 1. The first-order valence-corrected chi connectivity index (χ1v) is 9.90. The van der Waals surface area contributed by atoms with Gasteiger partial charge in [-0.1, -0.05) is 32.9 Å². The number of phenols is 1. The summed E-state index contributed by atoms with van der Waals surface area (Å²) in [5.41, 5.74) is 1.50. The largest absolute Gasteiger partial charge is 0.506 e. The van der Waals surface area contributed by atoms with E-state index in [1.165, 1.54) is 6.07 Å². The SMILES string of the molecule is CCOC(=O)c1cn2c(cc1=O)-c1c3cccc(O)c3nn1CC2C(C)(C)CC. The van der Waals surface area contributed by atoms with Crippen molar-refractivity contribution in [3.8, 4) is 17.1 Å². The average Bonchev–Trinajstić information content (AvgIpc) is 3.07. The van der Waals surface area contributed by atoms with Crippen LogP contribution in [0, 0.1) is 5.41 Å². The molecule has 0 radical (unpaired) electrons. The molecule has 3 aromatic rings. The number of carbonyl (C=O) groups excluding carboxylic acids is 1. The molecule has 0 spiro atoms. The molecule has 2 aromatic heterocycles. The highest BCUT2D eigenvalue weighted by atomic mass is 16.5. The summed E-state index contributed by atoms with van der Waals surface area (Å²) >= 11 is 0. The topological polar surface area (TPSA) is 86.3 Å².